The van der Waals surface area contributed by atoms with E-state index >= 15 is 0 Å². The zero-order chi connectivity index (χ0) is 25.9. The van der Waals surface area contributed by atoms with Gasteiger partial charge in [0.1, 0.15) is 5.75 Å². The van der Waals surface area contributed by atoms with E-state index in [0.29, 0.717) is 31.7 Å². The third kappa shape index (κ3) is 8.18. The molecule has 0 radical (unpaired) electrons. The fourth-order valence-electron chi connectivity index (χ4n) is 4.62. The molecule has 2 aromatic carbocycles. The average Bonchev–Trinajstić information content (AvgIpc) is 3.34. The molecule has 1 fully saturated rings. The van der Waals surface area contributed by atoms with Crippen molar-refractivity contribution in [1.29, 1.82) is 5.41 Å². The van der Waals surface area contributed by atoms with Crippen molar-refractivity contribution in [2.75, 3.05) is 32.8 Å². The molecule has 3 aromatic rings. The molecule has 1 saturated heterocycles. The zero-order valence-electron chi connectivity index (χ0n) is 21.7. The van der Waals surface area contributed by atoms with Crippen LogP contribution in [0.1, 0.15) is 53.0 Å². The molecule has 3 N–H and O–H groups in total. The molecule has 37 heavy (non-hydrogen) atoms. The predicted molar refractivity (Wildman–Crippen MR) is 146 cm³/mol. The summed E-state index contributed by atoms with van der Waals surface area (Å²) in [5.41, 5.74) is 3.80. The molecule has 0 atom stereocenters. The minimum atomic E-state index is -0.284. The standard InChI is InChI=1S/C29H38N6O2/c1-23-27(32-22-31-23)14-18-35(29(30)33-28(36)25-11-4-2-5-12-25)17-9-19-37-26-13-8-10-24(20-26)21-34-15-6-3-7-16-34/h2,4-5,8,10-13,20,22H,3,6-7,9,14-19,21H2,1H3,(H,31,32)(H2,30,33,36). The summed E-state index contributed by atoms with van der Waals surface area (Å²) in [4.78, 5) is 24.5. The summed E-state index contributed by atoms with van der Waals surface area (Å²) in [7, 11) is 0. The topological polar surface area (TPSA) is 97.3 Å². The number of benzene rings is 2. The van der Waals surface area contributed by atoms with Crippen molar-refractivity contribution in [2.45, 2.75) is 45.6 Å². The van der Waals surface area contributed by atoms with Crippen molar-refractivity contribution in [3.8, 4) is 5.75 Å². The summed E-state index contributed by atoms with van der Waals surface area (Å²) in [6.45, 7) is 7.00. The van der Waals surface area contributed by atoms with Crippen molar-refractivity contribution in [2.24, 2.45) is 0 Å². The van der Waals surface area contributed by atoms with Gasteiger partial charge in [-0.25, -0.2) is 4.98 Å². The number of nitrogens with one attached hydrogen (secondary N) is 3. The molecule has 2 heterocycles. The first kappa shape index (κ1) is 26.4. The van der Waals surface area contributed by atoms with E-state index in [4.69, 9.17) is 10.1 Å². The number of rotatable bonds is 11. The number of carbonyl (C=O) groups is 1. The molecular weight excluding hydrogens is 464 g/mol. The number of guanidine groups is 1. The van der Waals surface area contributed by atoms with Crippen LogP contribution in [0.4, 0.5) is 0 Å². The van der Waals surface area contributed by atoms with Crippen LogP contribution in [0.25, 0.3) is 0 Å². The van der Waals surface area contributed by atoms with Crippen LogP contribution in [-0.2, 0) is 13.0 Å². The van der Waals surface area contributed by atoms with Crippen LogP contribution >= 0.6 is 0 Å². The lowest BCUT2D eigenvalue weighted by Crippen LogP contribution is -2.45. The number of amides is 1. The van der Waals surface area contributed by atoms with E-state index in [1.54, 1.807) is 18.5 Å². The summed E-state index contributed by atoms with van der Waals surface area (Å²) < 4.78 is 6.07. The molecule has 0 saturated carbocycles. The van der Waals surface area contributed by atoms with Gasteiger partial charge in [-0.15, -0.1) is 0 Å². The second-order valence-corrected chi connectivity index (χ2v) is 9.57. The molecule has 8 heteroatoms. The maximum atomic E-state index is 12.6. The van der Waals surface area contributed by atoms with Crippen molar-refractivity contribution in [3.63, 3.8) is 0 Å². The Morgan fingerprint density at radius 3 is 2.68 bits per heavy atom. The van der Waals surface area contributed by atoms with E-state index in [1.165, 1.54) is 37.9 Å². The van der Waals surface area contributed by atoms with E-state index < -0.39 is 0 Å². The molecule has 1 amide bonds. The second kappa shape index (κ2) is 13.6. The molecule has 1 aliphatic rings. The van der Waals surface area contributed by atoms with Crippen LogP contribution in [0, 0.1) is 12.3 Å². The highest BCUT2D eigenvalue weighted by Gasteiger charge is 2.16. The number of aryl methyl sites for hydroxylation is 1. The van der Waals surface area contributed by atoms with Gasteiger partial charge in [0, 0.05) is 37.3 Å². The lowest BCUT2D eigenvalue weighted by atomic mass is 10.1. The van der Waals surface area contributed by atoms with Crippen LogP contribution in [0.15, 0.2) is 60.9 Å². The van der Waals surface area contributed by atoms with Gasteiger partial charge >= 0.3 is 0 Å². The third-order valence-electron chi connectivity index (χ3n) is 6.73. The normalized spacial score (nSPS) is 13.8. The van der Waals surface area contributed by atoms with Gasteiger partial charge < -0.3 is 14.6 Å². The van der Waals surface area contributed by atoms with Gasteiger partial charge in [-0.3, -0.25) is 20.4 Å². The van der Waals surface area contributed by atoms with Crippen LogP contribution in [0.3, 0.4) is 0 Å². The van der Waals surface area contributed by atoms with Crippen LogP contribution in [0.2, 0.25) is 0 Å². The van der Waals surface area contributed by atoms with Gasteiger partial charge in [0.05, 0.1) is 18.6 Å². The Hall–Kier alpha value is -3.65. The molecule has 196 valence electrons. The van der Waals surface area contributed by atoms with Gasteiger partial charge in [-0.05, 0) is 69.1 Å². The average molecular weight is 503 g/mol. The van der Waals surface area contributed by atoms with Crippen molar-refractivity contribution >= 4 is 11.9 Å². The van der Waals surface area contributed by atoms with Crippen LogP contribution in [0.5, 0.6) is 5.75 Å². The minimum absolute atomic E-state index is 0.0885. The smallest absolute Gasteiger partial charge is 0.257 e. The molecule has 1 aromatic heterocycles. The number of piperidine rings is 1. The number of aromatic nitrogens is 2. The number of likely N-dealkylation sites (tertiary alicyclic amines) is 1. The summed E-state index contributed by atoms with van der Waals surface area (Å²) in [5, 5.41) is 11.3. The Kier molecular flexibility index (Phi) is 9.71. The maximum absolute atomic E-state index is 12.6. The first-order valence-corrected chi connectivity index (χ1v) is 13.2. The Balaban J connectivity index is 1.29. The molecule has 4 rings (SSSR count). The maximum Gasteiger partial charge on any atom is 0.257 e. The number of hydrogen-bond acceptors (Lipinski definition) is 5. The number of H-pyrrole nitrogens is 1. The quantitative estimate of drug-likeness (QED) is 0.205. The van der Waals surface area contributed by atoms with E-state index in [-0.39, 0.29) is 11.9 Å². The fraction of sp³-hybridized carbons (Fsp3) is 0.414. The first-order chi connectivity index (χ1) is 18.1. The van der Waals surface area contributed by atoms with E-state index in [9.17, 15) is 4.79 Å². The molecule has 0 unspecified atom stereocenters. The summed E-state index contributed by atoms with van der Waals surface area (Å²) >= 11 is 0. The number of aromatic amines is 1. The van der Waals surface area contributed by atoms with E-state index in [1.807, 2.05) is 36.1 Å². The Morgan fingerprint density at radius 2 is 1.92 bits per heavy atom. The fourth-order valence-corrected chi connectivity index (χ4v) is 4.62. The number of ether oxygens (including phenoxy) is 1. The Labute approximate surface area is 219 Å². The molecule has 0 aliphatic carbocycles. The third-order valence-corrected chi connectivity index (χ3v) is 6.73. The van der Waals surface area contributed by atoms with Crippen molar-refractivity contribution in [3.05, 3.63) is 83.4 Å². The Morgan fingerprint density at radius 1 is 1.11 bits per heavy atom. The lowest BCUT2D eigenvalue weighted by molar-refractivity contribution is 0.0971. The minimum Gasteiger partial charge on any atom is -0.494 e. The predicted octanol–water partition coefficient (Wildman–Crippen LogP) is 4.38. The van der Waals surface area contributed by atoms with Crippen molar-refractivity contribution in [1.82, 2.24) is 25.1 Å². The van der Waals surface area contributed by atoms with Gasteiger partial charge in [-0.2, -0.15) is 0 Å². The largest absolute Gasteiger partial charge is 0.494 e. The number of hydrogen-bond donors (Lipinski definition) is 3. The molecule has 8 nitrogen and oxygen atoms in total. The molecular formula is C29H38N6O2. The number of nitrogens with zero attached hydrogens (tertiary/aromatic N) is 3. The number of carbonyl (C=O) groups excluding carboxylic acids is 1. The molecule has 0 spiro atoms. The molecule has 1 aliphatic heterocycles. The van der Waals surface area contributed by atoms with Crippen LogP contribution < -0.4 is 10.1 Å². The highest BCUT2D eigenvalue weighted by molar-refractivity contribution is 6.04. The van der Waals surface area contributed by atoms with Gasteiger partial charge in [0.25, 0.3) is 5.91 Å². The summed E-state index contributed by atoms with van der Waals surface area (Å²) in [6, 6.07) is 17.3. The monoisotopic (exact) mass is 502 g/mol. The first-order valence-electron chi connectivity index (χ1n) is 13.2. The van der Waals surface area contributed by atoms with E-state index in [0.717, 1.165) is 30.1 Å². The van der Waals surface area contributed by atoms with Gasteiger partial charge in [-0.1, -0.05) is 36.8 Å². The molecule has 0 bridgehead atoms. The van der Waals surface area contributed by atoms with Gasteiger partial charge in [0.2, 0.25) is 0 Å². The summed E-state index contributed by atoms with van der Waals surface area (Å²) in [5.74, 6) is 0.680. The highest BCUT2D eigenvalue weighted by atomic mass is 16.5. The number of imidazole rings is 1. The van der Waals surface area contributed by atoms with Crippen LogP contribution in [-0.4, -0.2) is 64.4 Å². The van der Waals surface area contributed by atoms with Crippen molar-refractivity contribution < 1.29 is 9.53 Å². The lowest BCUT2D eigenvalue weighted by Gasteiger charge is -2.26. The summed E-state index contributed by atoms with van der Waals surface area (Å²) in [6.07, 6.45) is 6.99. The highest BCUT2D eigenvalue weighted by Crippen LogP contribution is 2.18. The zero-order valence-corrected chi connectivity index (χ0v) is 21.7. The van der Waals surface area contributed by atoms with Gasteiger partial charge in [0.15, 0.2) is 5.96 Å². The second-order valence-electron chi connectivity index (χ2n) is 9.57. The Bertz CT molecular complexity index is 1140. The van der Waals surface area contributed by atoms with E-state index in [2.05, 4.69) is 38.4 Å². The SMILES string of the molecule is Cc1[nH]cnc1CCN(CCCOc1cccc(CN2CCCCC2)c1)C(=N)NC(=O)c1ccccc1.